The van der Waals surface area contributed by atoms with Crippen LogP contribution in [0, 0.1) is 6.92 Å². The first-order valence-corrected chi connectivity index (χ1v) is 3.83. The molecule has 0 fully saturated rings. The molecule has 0 saturated carbocycles. The van der Waals surface area contributed by atoms with Crippen molar-refractivity contribution in [3.63, 3.8) is 0 Å². The largest absolute Gasteiger partial charge is 0.349 e. The van der Waals surface area contributed by atoms with Crippen LogP contribution >= 0.6 is 0 Å². The molecule has 0 radical (unpaired) electrons. The fraction of sp³-hybridized carbons (Fsp3) is 0.500. The van der Waals surface area contributed by atoms with Crippen molar-refractivity contribution < 1.29 is 4.79 Å². The first-order chi connectivity index (χ1) is 5.61. The second-order valence-electron chi connectivity index (χ2n) is 2.78. The molecule has 0 saturated heterocycles. The van der Waals surface area contributed by atoms with E-state index in [1.807, 2.05) is 18.5 Å². The van der Waals surface area contributed by atoms with Crippen molar-refractivity contribution in [3.8, 4) is 0 Å². The Labute approximate surface area is 71.6 Å². The summed E-state index contributed by atoms with van der Waals surface area (Å²) in [5.41, 5.74) is 1.09. The first-order valence-electron chi connectivity index (χ1n) is 3.83. The Bertz CT molecular complexity index is 290. The minimum atomic E-state index is -0.0318. The zero-order valence-electron chi connectivity index (χ0n) is 7.59. The molecular weight excluding hydrogens is 154 g/mol. The van der Waals surface area contributed by atoms with Gasteiger partial charge in [-0.1, -0.05) is 0 Å². The fourth-order valence-corrected chi connectivity index (χ4v) is 0.912. The zero-order valence-corrected chi connectivity index (χ0v) is 7.59. The summed E-state index contributed by atoms with van der Waals surface area (Å²) in [4.78, 5) is 14.7. The number of aromatic nitrogens is 2. The molecule has 0 spiro atoms. The van der Waals surface area contributed by atoms with Crippen molar-refractivity contribution in [2.45, 2.75) is 20.4 Å². The van der Waals surface area contributed by atoms with E-state index < -0.39 is 0 Å². The van der Waals surface area contributed by atoms with Crippen LogP contribution in [0.4, 0.5) is 0 Å². The van der Waals surface area contributed by atoms with Gasteiger partial charge < -0.3 is 9.88 Å². The molecule has 0 unspecified atom stereocenters. The summed E-state index contributed by atoms with van der Waals surface area (Å²) in [6.45, 7) is 3.97. The number of hydrogen-bond acceptors (Lipinski definition) is 2. The summed E-state index contributed by atoms with van der Waals surface area (Å²) in [5.74, 6) is 0.846. The SMILES string of the molecule is CC(=O)NCc1ncc(C)n1C. The van der Waals surface area contributed by atoms with Crippen LogP contribution in [0.25, 0.3) is 0 Å². The number of hydrogen-bond donors (Lipinski definition) is 1. The highest BCUT2D eigenvalue weighted by Crippen LogP contribution is 1.99. The van der Waals surface area contributed by atoms with Crippen LogP contribution in [0.1, 0.15) is 18.4 Å². The number of aryl methyl sites for hydroxylation is 1. The smallest absolute Gasteiger partial charge is 0.217 e. The Balaban J connectivity index is 2.63. The standard InChI is InChI=1S/C8H13N3O/c1-6-4-10-8(11(6)3)5-9-7(2)12/h4H,5H2,1-3H3,(H,9,12). The molecule has 1 rings (SSSR count). The van der Waals surface area contributed by atoms with Gasteiger partial charge in [0.2, 0.25) is 5.91 Å². The van der Waals surface area contributed by atoms with Crippen LogP contribution in [-0.4, -0.2) is 15.5 Å². The van der Waals surface area contributed by atoms with E-state index in [9.17, 15) is 4.79 Å². The van der Waals surface area contributed by atoms with Crippen LogP contribution in [0.2, 0.25) is 0 Å². The average molecular weight is 167 g/mol. The number of imidazole rings is 1. The third-order valence-corrected chi connectivity index (χ3v) is 1.81. The highest BCUT2D eigenvalue weighted by atomic mass is 16.1. The van der Waals surface area contributed by atoms with Crippen molar-refractivity contribution in [2.24, 2.45) is 7.05 Å². The van der Waals surface area contributed by atoms with Gasteiger partial charge >= 0.3 is 0 Å². The molecule has 4 heteroatoms. The van der Waals surface area contributed by atoms with Crippen LogP contribution in [0.5, 0.6) is 0 Å². The Morgan fingerprint density at radius 2 is 2.42 bits per heavy atom. The fourth-order valence-electron chi connectivity index (χ4n) is 0.912. The van der Waals surface area contributed by atoms with Gasteiger partial charge in [-0.3, -0.25) is 4.79 Å². The molecule has 1 aromatic heterocycles. The maximum absolute atomic E-state index is 10.6. The van der Waals surface area contributed by atoms with Crippen molar-refractivity contribution >= 4 is 5.91 Å². The van der Waals surface area contributed by atoms with Crippen LogP contribution < -0.4 is 5.32 Å². The second-order valence-corrected chi connectivity index (χ2v) is 2.78. The highest BCUT2D eigenvalue weighted by molar-refractivity contribution is 5.72. The molecule has 0 atom stereocenters. The molecule has 12 heavy (non-hydrogen) atoms. The molecule has 1 N–H and O–H groups in total. The van der Waals surface area contributed by atoms with Crippen LogP contribution in [0.15, 0.2) is 6.20 Å². The van der Waals surface area contributed by atoms with Crippen molar-refractivity contribution in [1.82, 2.24) is 14.9 Å². The number of nitrogens with zero attached hydrogens (tertiary/aromatic N) is 2. The van der Waals surface area contributed by atoms with Gasteiger partial charge in [0.25, 0.3) is 0 Å². The van der Waals surface area contributed by atoms with Gasteiger partial charge in [0.1, 0.15) is 5.82 Å². The maximum Gasteiger partial charge on any atom is 0.217 e. The number of amides is 1. The molecule has 66 valence electrons. The first kappa shape index (κ1) is 8.77. The van der Waals surface area contributed by atoms with Gasteiger partial charge in [0.15, 0.2) is 0 Å². The lowest BCUT2D eigenvalue weighted by Gasteiger charge is -2.02. The predicted octanol–water partition coefficient (Wildman–Crippen LogP) is 0.365. The van der Waals surface area contributed by atoms with Gasteiger partial charge in [0, 0.05) is 25.9 Å². The van der Waals surface area contributed by atoms with E-state index in [2.05, 4.69) is 10.3 Å². The normalized spacial score (nSPS) is 9.92. The predicted molar refractivity (Wildman–Crippen MR) is 45.5 cm³/mol. The highest BCUT2D eigenvalue weighted by Gasteiger charge is 2.02. The molecule has 1 heterocycles. The second kappa shape index (κ2) is 3.38. The number of carbonyl (C=O) groups is 1. The van der Waals surface area contributed by atoms with E-state index in [1.165, 1.54) is 6.92 Å². The summed E-state index contributed by atoms with van der Waals surface area (Å²) >= 11 is 0. The van der Waals surface area contributed by atoms with E-state index >= 15 is 0 Å². The lowest BCUT2D eigenvalue weighted by Crippen LogP contribution is -2.21. The average Bonchev–Trinajstić information content (AvgIpc) is 2.30. The lowest BCUT2D eigenvalue weighted by atomic mass is 10.5. The van der Waals surface area contributed by atoms with E-state index in [1.54, 1.807) is 6.20 Å². The van der Waals surface area contributed by atoms with Gasteiger partial charge in [0.05, 0.1) is 6.54 Å². The molecule has 1 amide bonds. The van der Waals surface area contributed by atoms with Gasteiger partial charge in [-0.15, -0.1) is 0 Å². The third-order valence-electron chi connectivity index (χ3n) is 1.81. The summed E-state index contributed by atoms with van der Waals surface area (Å²) < 4.78 is 1.95. The van der Waals surface area contributed by atoms with E-state index in [4.69, 9.17) is 0 Å². The minimum Gasteiger partial charge on any atom is -0.349 e. The number of nitrogens with one attached hydrogen (secondary N) is 1. The molecule has 4 nitrogen and oxygen atoms in total. The van der Waals surface area contributed by atoms with Gasteiger partial charge in [-0.05, 0) is 6.92 Å². The molecule has 1 aromatic rings. The van der Waals surface area contributed by atoms with Gasteiger partial charge in [-0.2, -0.15) is 0 Å². The Hall–Kier alpha value is -1.32. The Morgan fingerprint density at radius 3 is 2.83 bits per heavy atom. The Kier molecular flexibility index (Phi) is 2.47. The lowest BCUT2D eigenvalue weighted by molar-refractivity contribution is -0.119. The van der Waals surface area contributed by atoms with Crippen LogP contribution in [0.3, 0.4) is 0 Å². The molecule has 0 aliphatic rings. The summed E-state index contributed by atoms with van der Waals surface area (Å²) in [6.07, 6.45) is 1.79. The van der Waals surface area contributed by atoms with E-state index in [-0.39, 0.29) is 5.91 Å². The molecule has 0 aliphatic heterocycles. The summed E-state index contributed by atoms with van der Waals surface area (Å²) in [5, 5.41) is 2.69. The Morgan fingerprint density at radius 1 is 1.75 bits per heavy atom. The molecule has 0 bridgehead atoms. The number of carbonyl (C=O) groups excluding carboxylic acids is 1. The van der Waals surface area contributed by atoms with Crippen molar-refractivity contribution in [1.29, 1.82) is 0 Å². The number of rotatable bonds is 2. The zero-order chi connectivity index (χ0) is 9.14. The van der Waals surface area contributed by atoms with Crippen LogP contribution in [-0.2, 0) is 18.4 Å². The molecule has 0 aromatic carbocycles. The molecule has 0 aliphatic carbocycles. The summed E-state index contributed by atoms with van der Waals surface area (Å²) in [6, 6.07) is 0. The van der Waals surface area contributed by atoms with E-state index in [0.29, 0.717) is 6.54 Å². The summed E-state index contributed by atoms with van der Waals surface area (Å²) in [7, 11) is 1.93. The quantitative estimate of drug-likeness (QED) is 0.691. The van der Waals surface area contributed by atoms with Crippen molar-refractivity contribution in [3.05, 3.63) is 17.7 Å². The maximum atomic E-state index is 10.6. The van der Waals surface area contributed by atoms with E-state index in [0.717, 1.165) is 11.5 Å². The minimum absolute atomic E-state index is 0.0318. The third kappa shape index (κ3) is 1.84. The molecular formula is C8H13N3O. The topological polar surface area (TPSA) is 46.9 Å². The van der Waals surface area contributed by atoms with Gasteiger partial charge in [-0.25, -0.2) is 4.98 Å². The monoisotopic (exact) mass is 167 g/mol. The van der Waals surface area contributed by atoms with Crippen molar-refractivity contribution in [2.75, 3.05) is 0 Å².